The molecule has 0 aliphatic carbocycles. The van der Waals surface area contributed by atoms with Gasteiger partial charge < -0.3 is 54.0 Å². The molecule has 13 N–H and O–H groups in total. The van der Waals surface area contributed by atoms with Crippen molar-refractivity contribution in [3.63, 3.8) is 0 Å². The number of guanidine groups is 1. The van der Waals surface area contributed by atoms with Crippen LogP contribution >= 0.6 is 0 Å². The average Bonchev–Trinajstić information content (AvgIpc) is 3.35. The number of aliphatic hydroxyl groups is 1. The van der Waals surface area contributed by atoms with Gasteiger partial charge in [0.25, 0.3) is 0 Å². The molecular weight excluding hydrogens is 506 g/mol. The first-order chi connectivity index (χ1) is 17.9. The highest BCUT2D eigenvalue weighted by Gasteiger charge is 2.39. The van der Waals surface area contributed by atoms with Crippen molar-refractivity contribution in [2.45, 2.75) is 62.7 Å². The maximum Gasteiger partial charge on any atom is 0.322 e. The Hall–Kier alpha value is -3.99. The Kier molecular flexibility index (Phi) is 13.5. The Bertz CT molecular complexity index is 909. The van der Waals surface area contributed by atoms with Gasteiger partial charge in [-0.2, -0.15) is 0 Å². The molecule has 0 aromatic rings. The number of primary amides is 1. The number of aliphatic carboxylic acids is 1. The van der Waals surface area contributed by atoms with Gasteiger partial charge in [0, 0.05) is 19.5 Å². The van der Waals surface area contributed by atoms with Gasteiger partial charge in [-0.25, -0.2) is 0 Å². The number of aliphatic imine (C=N–C) groups is 1. The van der Waals surface area contributed by atoms with E-state index in [2.05, 4.69) is 20.9 Å². The van der Waals surface area contributed by atoms with Gasteiger partial charge >= 0.3 is 5.97 Å². The summed E-state index contributed by atoms with van der Waals surface area (Å²) >= 11 is 0. The predicted octanol–water partition coefficient (Wildman–Crippen LogP) is -5.21. The van der Waals surface area contributed by atoms with Crippen molar-refractivity contribution in [3.05, 3.63) is 0 Å². The first-order valence-electron chi connectivity index (χ1n) is 12.0. The highest BCUT2D eigenvalue weighted by atomic mass is 16.4. The van der Waals surface area contributed by atoms with E-state index in [9.17, 15) is 28.8 Å². The number of hydrogen-bond acceptors (Lipinski definition) is 9. The minimum atomic E-state index is -1.31. The second-order valence-electron chi connectivity index (χ2n) is 8.67. The second-order valence-corrected chi connectivity index (χ2v) is 8.67. The molecule has 0 aromatic carbocycles. The third-order valence-electron chi connectivity index (χ3n) is 5.66. The van der Waals surface area contributed by atoms with Crippen LogP contribution in [0.2, 0.25) is 0 Å². The molecule has 4 atom stereocenters. The van der Waals surface area contributed by atoms with Crippen LogP contribution in [-0.4, -0.2) is 107 Å². The molecule has 17 heteroatoms. The lowest BCUT2D eigenvalue weighted by Gasteiger charge is -2.30. The topological polar surface area (TPSA) is 299 Å². The van der Waals surface area contributed by atoms with Gasteiger partial charge in [-0.3, -0.25) is 33.8 Å². The largest absolute Gasteiger partial charge is 0.480 e. The van der Waals surface area contributed by atoms with Gasteiger partial charge in [0.15, 0.2) is 5.96 Å². The number of nitrogens with one attached hydrogen (secondary N) is 3. The monoisotopic (exact) mass is 543 g/mol. The number of aliphatic hydroxyl groups excluding tert-OH is 1. The van der Waals surface area contributed by atoms with Gasteiger partial charge in [0.05, 0.1) is 6.61 Å². The van der Waals surface area contributed by atoms with Crippen LogP contribution in [0.4, 0.5) is 0 Å². The predicted molar refractivity (Wildman–Crippen MR) is 133 cm³/mol. The van der Waals surface area contributed by atoms with E-state index in [1.807, 2.05) is 0 Å². The molecule has 0 bridgehead atoms. The van der Waals surface area contributed by atoms with Crippen LogP contribution in [0.15, 0.2) is 4.99 Å². The summed E-state index contributed by atoms with van der Waals surface area (Å²) in [5, 5.41) is 25.0. The summed E-state index contributed by atoms with van der Waals surface area (Å²) in [5.41, 5.74) is 21.3. The van der Waals surface area contributed by atoms with Crippen molar-refractivity contribution in [2.24, 2.45) is 27.9 Å². The molecule has 0 aromatic heterocycles. The maximum absolute atomic E-state index is 13.4. The van der Waals surface area contributed by atoms with Gasteiger partial charge in [-0.05, 0) is 32.1 Å². The van der Waals surface area contributed by atoms with Crippen molar-refractivity contribution in [1.29, 1.82) is 0 Å². The van der Waals surface area contributed by atoms with Gasteiger partial charge in [-0.15, -0.1) is 0 Å². The van der Waals surface area contributed by atoms with Crippen LogP contribution in [0, 0.1) is 0 Å². The summed E-state index contributed by atoms with van der Waals surface area (Å²) in [4.78, 5) is 78.2. The van der Waals surface area contributed by atoms with E-state index < -0.39 is 72.8 Å². The number of amides is 5. The molecule has 0 radical (unpaired) electrons. The Balaban J connectivity index is 3.02. The zero-order chi connectivity index (χ0) is 28.8. The average molecular weight is 544 g/mol. The fourth-order valence-corrected chi connectivity index (χ4v) is 3.74. The number of nitrogens with zero attached hydrogens (tertiary/aromatic N) is 2. The molecule has 1 rings (SSSR count). The van der Waals surface area contributed by atoms with E-state index >= 15 is 0 Å². The number of carbonyl (C=O) groups excluding carboxylic acids is 5. The third kappa shape index (κ3) is 11.0. The zero-order valence-corrected chi connectivity index (χ0v) is 20.9. The molecular formula is C21H37N9O8. The van der Waals surface area contributed by atoms with E-state index in [1.54, 1.807) is 0 Å². The molecule has 0 unspecified atom stereocenters. The van der Waals surface area contributed by atoms with Gasteiger partial charge in [0.2, 0.25) is 29.5 Å². The highest BCUT2D eigenvalue weighted by Crippen LogP contribution is 2.20. The molecule has 1 fully saturated rings. The molecule has 0 saturated carbocycles. The lowest BCUT2D eigenvalue weighted by molar-refractivity contribution is -0.142. The SMILES string of the molecule is NC(=O)CC[C@H](NC(=O)[C@@H]1CCCN1C(=O)[C@H](CCCN=C(N)N)NC(=O)[C@@H](N)CO)C(=O)NCC(=O)O. The van der Waals surface area contributed by atoms with Crippen LogP contribution in [0.3, 0.4) is 0 Å². The number of nitrogens with two attached hydrogens (primary N) is 4. The third-order valence-corrected chi connectivity index (χ3v) is 5.66. The Morgan fingerprint density at radius 2 is 1.68 bits per heavy atom. The molecule has 1 aliphatic heterocycles. The number of rotatable bonds is 16. The standard InChI is InChI=1S/C21H37N9O8/c22-11(10-31)17(35)29-13(3-1-7-26-21(24)25)20(38)30-8-2-4-14(30)19(37)28-12(5-6-15(23)32)18(36)27-9-16(33)34/h11-14,31H,1-10,22H2,(H2,23,32)(H,27,36)(H,28,37)(H,29,35)(H,33,34)(H4,24,25,26)/t11-,12-,13-,14-/m0/s1. The van der Waals surface area contributed by atoms with Crippen molar-refractivity contribution < 1.29 is 39.0 Å². The van der Waals surface area contributed by atoms with Gasteiger partial charge in [0.1, 0.15) is 30.7 Å². The van der Waals surface area contributed by atoms with E-state index in [1.165, 1.54) is 4.90 Å². The lowest BCUT2D eigenvalue weighted by atomic mass is 10.1. The molecule has 214 valence electrons. The summed E-state index contributed by atoms with van der Waals surface area (Å²) in [5.74, 6) is -5.07. The summed E-state index contributed by atoms with van der Waals surface area (Å²) in [6.45, 7) is -0.996. The summed E-state index contributed by atoms with van der Waals surface area (Å²) in [6, 6.07) is -4.65. The minimum Gasteiger partial charge on any atom is -0.480 e. The zero-order valence-electron chi connectivity index (χ0n) is 20.9. The Morgan fingerprint density at radius 1 is 1.00 bits per heavy atom. The molecule has 1 aliphatic rings. The highest BCUT2D eigenvalue weighted by molar-refractivity contribution is 5.95. The van der Waals surface area contributed by atoms with Crippen LogP contribution in [0.5, 0.6) is 0 Å². The molecule has 1 heterocycles. The number of hydrogen-bond donors (Lipinski definition) is 9. The van der Waals surface area contributed by atoms with Crippen molar-refractivity contribution in [1.82, 2.24) is 20.9 Å². The molecule has 5 amide bonds. The quantitative estimate of drug-likeness (QED) is 0.0503. The fraction of sp³-hybridized carbons (Fsp3) is 0.667. The second kappa shape index (κ2) is 16.0. The Labute approximate surface area is 218 Å². The van der Waals surface area contributed by atoms with Crippen molar-refractivity contribution in [3.8, 4) is 0 Å². The maximum atomic E-state index is 13.4. The molecule has 0 spiro atoms. The van der Waals surface area contributed by atoms with E-state index in [4.69, 9.17) is 33.1 Å². The Morgan fingerprint density at radius 3 is 2.26 bits per heavy atom. The molecule has 38 heavy (non-hydrogen) atoms. The van der Waals surface area contributed by atoms with Crippen LogP contribution in [0.25, 0.3) is 0 Å². The first-order valence-corrected chi connectivity index (χ1v) is 12.0. The van der Waals surface area contributed by atoms with Crippen LogP contribution in [0.1, 0.15) is 38.5 Å². The number of carbonyl (C=O) groups is 6. The van der Waals surface area contributed by atoms with E-state index in [-0.39, 0.29) is 44.7 Å². The minimum absolute atomic E-state index is 0.100. The van der Waals surface area contributed by atoms with Crippen molar-refractivity contribution in [2.75, 3.05) is 26.2 Å². The number of likely N-dealkylation sites (tertiary alicyclic amines) is 1. The van der Waals surface area contributed by atoms with Gasteiger partial charge in [-0.1, -0.05) is 0 Å². The van der Waals surface area contributed by atoms with Crippen LogP contribution in [-0.2, 0) is 28.8 Å². The summed E-state index contributed by atoms with van der Waals surface area (Å²) in [7, 11) is 0. The number of carboxylic acid groups (broad SMARTS) is 1. The summed E-state index contributed by atoms with van der Waals surface area (Å²) < 4.78 is 0. The van der Waals surface area contributed by atoms with Crippen LogP contribution < -0.4 is 38.9 Å². The lowest BCUT2D eigenvalue weighted by Crippen LogP contribution is -2.57. The summed E-state index contributed by atoms with van der Waals surface area (Å²) in [6.07, 6.45) is 0.659. The fourth-order valence-electron chi connectivity index (χ4n) is 3.74. The van der Waals surface area contributed by atoms with E-state index in [0.717, 1.165) is 0 Å². The van der Waals surface area contributed by atoms with Crippen molar-refractivity contribution >= 4 is 41.5 Å². The smallest absolute Gasteiger partial charge is 0.322 e. The first kappa shape index (κ1) is 32.0. The normalized spacial score (nSPS) is 17.0. The number of carboxylic acids is 1. The molecule has 1 saturated heterocycles. The molecule has 17 nitrogen and oxygen atoms in total. The van der Waals surface area contributed by atoms with E-state index in [0.29, 0.717) is 12.8 Å².